The molecule has 28 heavy (non-hydrogen) atoms. The van der Waals surface area contributed by atoms with Gasteiger partial charge in [0.25, 0.3) is 0 Å². The zero-order valence-corrected chi connectivity index (χ0v) is 18.1. The summed E-state index contributed by atoms with van der Waals surface area (Å²) in [7, 11) is 0. The maximum atomic E-state index is 10.8. The van der Waals surface area contributed by atoms with Gasteiger partial charge in [-0.3, -0.25) is 9.89 Å². The van der Waals surface area contributed by atoms with Crippen molar-refractivity contribution in [2.45, 2.75) is 62.8 Å². The monoisotopic (exact) mass is 408 g/mol. The Balaban J connectivity index is 1.61. The summed E-state index contributed by atoms with van der Waals surface area (Å²) in [5.74, 6) is 2.81. The number of guanidine groups is 1. The fourth-order valence-corrected chi connectivity index (χ4v) is 5.28. The Bertz CT molecular complexity index is 604. The number of rotatable bonds is 9. The van der Waals surface area contributed by atoms with E-state index in [9.17, 15) is 5.11 Å². The van der Waals surface area contributed by atoms with E-state index in [1.54, 1.807) is 6.26 Å². The van der Waals surface area contributed by atoms with Crippen LogP contribution in [0.15, 0.2) is 27.8 Å². The second-order valence-electron chi connectivity index (χ2n) is 7.79. The van der Waals surface area contributed by atoms with Crippen LogP contribution in [-0.4, -0.2) is 65.3 Å². The van der Waals surface area contributed by atoms with Crippen molar-refractivity contribution >= 4 is 17.7 Å². The van der Waals surface area contributed by atoms with Crippen LogP contribution in [-0.2, 0) is 0 Å². The molecule has 3 N–H and O–H groups in total. The van der Waals surface area contributed by atoms with Gasteiger partial charge in [0.2, 0.25) is 0 Å². The zero-order chi connectivity index (χ0) is 19.8. The molecule has 0 radical (unpaired) electrons. The lowest BCUT2D eigenvalue weighted by atomic mass is 9.79. The first-order valence-corrected chi connectivity index (χ1v) is 11.8. The van der Waals surface area contributed by atoms with Gasteiger partial charge in [0.15, 0.2) is 5.96 Å². The first-order valence-electron chi connectivity index (χ1n) is 10.8. The second-order valence-corrected chi connectivity index (χ2v) is 9.27. The number of piperidine rings is 1. The Morgan fingerprint density at radius 3 is 2.79 bits per heavy atom. The molecule has 158 valence electrons. The highest BCUT2D eigenvalue weighted by molar-refractivity contribution is 8.00. The topological polar surface area (TPSA) is 73.0 Å². The fraction of sp³-hybridized carbons (Fsp3) is 0.762. The Hall–Kier alpha value is -1.18. The molecule has 0 spiro atoms. The van der Waals surface area contributed by atoms with E-state index in [1.165, 1.54) is 19.3 Å². The van der Waals surface area contributed by atoms with Gasteiger partial charge in [0.1, 0.15) is 5.76 Å². The normalized spacial score (nSPS) is 27.2. The van der Waals surface area contributed by atoms with Crippen molar-refractivity contribution in [3.8, 4) is 0 Å². The minimum Gasteiger partial charge on any atom is -0.468 e. The van der Waals surface area contributed by atoms with Crippen LogP contribution in [0.2, 0.25) is 0 Å². The summed E-state index contributed by atoms with van der Waals surface area (Å²) < 4.78 is 5.74. The third-order valence-corrected chi connectivity index (χ3v) is 7.24. The predicted octanol–water partition coefficient (Wildman–Crippen LogP) is 3.01. The van der Waals surface area contributed by atoms with E-state index in [0.717, 1.165) is 56.5 Å². The molecule has 7 heteroatoms. The molecule has 3 unspecified atom stereocenters. The molecular weight excluding hydrogens is 372 g/mol. The van der Waals surface area contributed by atoms with E-state index in [4.69, 9.17) is 9.41 Å². The molecule has 0 bridgehead atoms. The van der Waals surface area contributed by atoms with Gasteiger partial charge in [-0.1, -0.05) is 13.3 Å². The van der Waals surface area contributed by atoms with Gasteiger partial charge < -0.3 is 20.2 Å². The lowest BCUT2D eigenvalue weighted by molar-refractivity contribution is -0.0154. The molecule has 0 aromatic carbocycles. The number of furan rings is 1. The Labute approximate surface area is 173 Å². The minimum atomic E-state index is -0.656. The van der Waals surface area contributed by atoms with Crippen molar-refractivity contribution in [2.75, 3.05) is 38.5 Å². The predicted molar refractivity (Wildman–Crippen MR) is 117 cm³/mol. The third kappa shape index (κ3) is 5.45. The van der Waals surface area contributed by atoms with E-state index in [0.29, 0.717) is 11.8 Å². The van der Waals surface area contributed by atoms with Crippen LogP contribution in [0.25, 0.3) is 0 Å². The quantitative estimate of drug-likeness (QED) is 0.431. The Morgan fingerprint density at radius 1 is 1.36 bits per heavy atom. The van der Waals surface area contributed by atoms with E-state index < -0.39 is 5.60 Å². The molecule has 1 saturated heterocycles. The molecule has 1 aromatic heterocycles. The van der Waals surface area contributed by atoms with Gasteiger partial charge in [-0.2, -0.15) is 11.8 Å². The SMILES string of the molecule is CCNC(=NCC1(O)CCC1SCC)NCC(c1ccco1)N1CCCCC1. The molecule has 1 aliphatic heterocycles. The van der Waals surface area contributed by atoms with Gasteiger partial charge in [0.05, 0.1) is 24.5 Å². The molecule has 2 fully saturated rings. The maximum absolute atomic E-state index is 10.8. The van der Waals surface area contributed by atoms with Crippen LogP contribution in [0.5, 0.6) is 0 Å². The van der Waals surface area contributed by atoms with E-state index in [2.05, 4.69) is 35.4 Å². The molecule has 3 atom stereocenters. The van der Waals surface area contributed by atoms with E-state index in [-0.39, 0.29) is 6.04 Å². The first kappa shape index (κ1) is 21.5. The highest BCUT2D eigenvalue weighted by Crippen LogP contribution is 2.41. The van der Waals surface area contributed by atoms with Crippen molar-refractivity contribution in [1.82, 2.24) is 15.5 Å². The van der Waals surface area contributed by atoms with Crippen LogP contribution >= 0.6 is 11.8 Å². The highest BCUT2D eigenvalue weighted by atomic mass is 32.2. The Morgan fingerprint density at radius 2 is 2.18 bits per heavy atom. The maximum Gasteiger partial charge on any atom is 0.191 e. The average molecular weight is 409 g/mol. The lowest BCUT2D eigenvalue weighted by Gasteiger charge is -2.44. The third-order valence-electron chi connectivity index (χ3n) is 5.83. The molecule has 1 aliphatic carbocycles. The van der Waals surface area contributed by atoms with Gasteiger partial charge in [0, 0.05) is 18.3 Å². The largest absolute Gasteiger partial charge is 0.468 e. The smallest absolute Gasteiger partial charge is 0.191 e. The molecular formula is C21H36N4O2S. The summed E-state index contributed by atoms with van der Waals surface area (Å²) in [4.78, 5) is 7.23. The van der Waals surface area contributed by atoms with Crippen molar-refractivity contribution < 1.29 is 9.52 Å². The highest BCUT2D eigenvalue weighted by Gasteiger charge is 2.45. The average Bonchev–Trinajstić information content (AvgIpc) is 3.24. The Kier molecular flexibility index (Phi) is 8.11. The van der Waals surface area contributed by atoms with Gasteiger partial charge in [-0.15, -0.1) is 0 Å². The van der Waals surface area contributed by atoms with Gasteiger partial charge >= 0.3 is 0 Å². The standard InChI is InChI=1S/C21H36N4O2S/c1-3-22-20(24-16-21(26)11-10-19(21)28-4-2)23-15-17(18-9-8-14-27-18)25-12-6-5-7-13-25/h8-9,14,17,19,26H,3-7,10-13,15-16H2,1-2H3,(H2,22,23,24). The van der Waals surface area contributed by atoms with E-state index in [1.807, 2.05) is 17.8 Å². The van der Waals surface area contributed by atoms with Crippen molar-refractivity contribution in [2.24, 2.45) is 4.99 Å². The van der Waals surface area contributed by atoms with Crippen molar-refractivity contribution in [3.05, 3.63) is 24.2 Å². The number of nitrogens with zero attached hydrogens (tertiary/aromatic N) is 2. The summed E-state index contributed by atoms with van der Waals surface area (Å²) >= 11 is 1.85. The number of aliphatic imine (C=N–C) groups is 1. The number of hydrogen-bond acceptors (Lipinski definition) is 5. The summed E-state index contributed by atoms with van der Waals surface area (Å²) in [6, 6.07) is 4.23. The van der Waals surface area contributed by atoms with Crippen molar-refractivity contribution in [1.29, 1.82) is 0 Å². The number of hydrogen-bond donors (Lipinski definition) is 3. The van der Waals surface area contributed by atoms with Crippen LogP contribution in [0, 0.1) is 0 Å². The molecule has 0 amide bonds. The fourth-order valence-electron chi connectivity index (χ4n) is 4.09. The summed E-state index contributed by atoms with van der Waals surface area (Å²) in [6.07, 6.45) is 7.49. The molecule has 1 saturated carbocycles. The molecule has 3 rings (SSSR count). The van der Waals surface area contributed by atoms with Gasteiger partial charge in [-0.25, -0.2) is 0 Å². The summed E-state index contributed by atoms with van der Waals surface area (Å²) in [5.41, 5.74) is -0.656. The number of likely N-dealkylation sites (tertiary alicyclic amines) is 1. The number of aliphatic hydroxyl groups is 1. The van der Waals surface area contributed by atoms with Crippen LogP contribution in [0.1, 0.15) is 57.8 Å². The molecule has 1 aromatic rings. The number of thioether (sulfide) groups is 1. The van der Waals surface area contributed by atoms with E-state index >= 15 is 0 Å². The molecule has 6 nitrogen and oxygen atoms in total. The van der Waals surface area contributed by atoms with Crippen LogP contribution in [0.3, 0.4) is 0 Å². The minimum absolute atomic E-state index is 0.203. The summed E-state index contributed by atoms with van der Waals surface area (Å²) in [6.45, 7) is 8.42. The van der Waals surface area contributed by atoms with Crippen LogP contribution in [0.4, 0.5) is 0 Å². The van der Waals surface area contributed by atoms with Gasteiger partial charge in [-0.05, 0) is 63.6 Å². The molecule has 2 aliphatic rings. The lowest BCUT2D eigenvalue weighted by Crippen LogP contribution is -2.53. The number of nitrogens with one attached hydrogen (secondary N) is 2. The molecule has 2 heterocycles. The first-order chi connectivity index (χ1) is 13.7. The van der Waals surface area contributed by atoms with Crippen LogP contribution < -0.4 is 10.6 Å². The van der Waals surface area contributed by atoms with Crippen molar-refractivity contribution in [3.63, 3.8) is 0 Å². The second kappa shape index (κ2) is 10.6. The zero-order valence-electron chi connectivity index (χ0n) is 17.3. The summed E-state index contributed by atoms with van der Waals surface area (Å²) in [5, 5.41) is 18.0.